The second kappa shape index (κ2) is 7.69. The summed E-state index contributed by atoms with van der Waals surface area (Å²) < 4.78 is 0. The van der Waals surface area contributed by atoms with Gasteiger partial charge in [-0.3, -0.25) is 4.79 Å². The summed E-state index contributed by atoms with van der Waals surface area (Å²) in [5.74, 6) is -0.129. The first-order chi connectivity index (χ1) is 7.13. The number of hydrogen-bond donors (Lipinski definition) is 2. The molecule has 90 valence electrons. The predicted molar refractivity (Wildman–Crippen MR) is 64.3 cm³/mol. The monoisotopic (exact) mass is 214 g/mol. The number of primary amides is 1. The molecule has 0 fully saturated rings. The van der Waals surface area contributed by atoms with Crippen molar-refractivity contribution in [2.75, 3.05) is 6.54 Å². The molecule has 0 saturated heterocycles. The van der Waals surface area contributed by atoms with Crippen LogP contribution in [-0.4, -0.2) is 12.5 Å². The van der Waals surface area contributed by atoms with E-state index >= 15 is 0 Å². The minimum Gasteiger partial charge on any atom is -0.369 e. The third-order valence-electron chi connectivity index (χ3n) is 3.32. The van der Waals surface area contributed by atoms with Gasteiger partial charge in [0.05, 0.1) is 0 Å². The molecule has 3 heteroatoms. The summed E-state index contributed by atoms with van der Waals surface area (Å²) in [6.07, 6.45) is 6.88. The van der Waals surface area contributed by atoms with Crippen molar-refractivity contribution >= 4 is 5.91 Å². The van der Waals surface area contributed by atoms with Crippen molar-refractivity contribution in [1.82, 2.24) is 0 Å². The van der Waals surface area contributed by atoms with Gasteiger partial charge in [0.25, 0.3) is 0 Å². The summed E-state index contributed by atoms with van der Waals surface area (Å²) in [7, 11) is 0. The SMILES string of the molecule is CCCCC(CC)(CCCCN)C(N)=O. The molecule has 0 aliphatic carbocycles. The van der Waals surface area contributed by atoms with Crippen molar-refractivity contribution in [2.45, 2.75) is 58.8 Å². The van der Waals surface area contributed by atoms with Crippen molar-refractivity contribution < 1.29 is 4.79 Å². The molecular formula is C12H26N2O. The van der Waals surface area contributed by atoms with Crippen molar-refractivity contribution in [3.8, 4) is 0 Å². The molecular weight excluding hydrogens is 188 g/mol. The Bertz CT molecular complexity index is 182. The maximum atomic E-state index is 11.5. The van der Waals surface area contributed by atoms with Crippen LogP contribution in [-0.2, 0) is 4.79 Å². The van der Waals surface area contributed by atoms with Crippen molar-refractivity contribution in [1.29, 1.82) is 0 Å². The first-order valence-corrected chi connectivity index (χ1v) is 6.13. The van der Waals surface area contributed by atoms with E-state index in [0.717, 1.165) is 44.9 Å². The Hall–Kier alpha value is -0.570. The summed E-state index contributed by atoms with van der Waals surface area (Å²) in [5, 5.41) is 0. The molecule has 0 radical (unpaired) electrons. The fourth-order valence-electron chi connectivity index (χ4n) is 2.02. The van der Waals surface area contributed by atoms with Crippen LogP contribution in [0.15, 0.2) is 0 Å². The molecule has 0 spiro atoms. The number of amides is 1. The smallest absolute Gasteiger partial charge is 0.223 e. The Balaban J connectivity index is 4.30. The summed E-state index contributed by atoms with van der Waals surface area (Å²) in [4.78, 5) is 11.5. The minimum atomic E-state index is -0.273. The third-order valence-corrected chi connectivity index (χ3v) is 3.32. The van der Waals surface area contributed by atoms with E-state index in [9.17, 15) is 4.79 Å². The Morgan fingerprint density at radius 2 is 1.73 bits per heavy atom. The van der Waals surface area contributed by atoms with Crippen LogP contribution >= 0.6 is 0 Å². The summed E-state index contributed by atoms with van der Waals surface area (Å²) in [6, 6.07) is 0. The largest absolute Gasteiger partial charge is 0.369 e. The second-order valence-electron chi connectivity index (χ2n) is 4.35. The van der Waals surface area contributed by atoms with Crippen molar-refractivity contribution in [3.05, 3.63) is 0 Å². The maximum Gasteiger partial charge on any atom is 0.223 e. The highest BCUT2D eigenvalue weighted by Crippen LogP contribution is 2.34. The van der Waals surface area contributed by atoms with Crippen molar-refractivity contribution in [3.63, 3.8) is 0 Å². The number of rotatable bonds is 9. The zero-order chi connectivity index (χ0) is 11.7. The van der Waals surface area contributed by atoms with Crippen molar-refractivity contribution in [2.24, 2.45) is 16.9 Å². The van der Waals surface area contributed by atoms with Gasteiger partial charge in [-0.15, -0.1) is 0 Å². The number of carbonyl (C=O) groups excluding carboxylic acids is 1. The molecule has 1 amide bonds. The van der Waals surface area contributed by atoms with E-state index in [2.05, 4.69) is 13.8 Å². The van der Waals surface area contributed by atoms with Gasteiger partial charge in [0.1, 0.15) is 0 Å². The van der Waals surface area contributed by atoms with Gasteiger partial charge < -0.3 is 11.5 Å². The fourth-order valence-corrected chi connectivity index (χ4v) is 2.02. The lowest BCUT2D eigenvalue weighted by molar-refractivity contribution is -0.129. The lowest BCUT2D eigenvalue weighted by atomic mass is 9.75. The van der Waals surface area contributed by atoms with E-state index in [-0.39, 0.29) is 11.3 Å². The lowest BCUT2D eigenvalue weighted by Crippen LogP contribution is -2.36. The maximum absolute atomic E-state index is 11.5. The molecule has 0 saturated carbocycles. The summed E-state index contributed by atoms with van der Waals surface area (Å²) in [6.45, 7) is 4.90. The highest BCUT2D eigenvalue weighted by molar-refractivity contribution is 5.80. The van der Waals surface area contributed by atoms with Crippen LogP contribution in [0.4, 0.5) is 0 Å². The molecule has 3 nitrogen and oxygen atoms in total. The van der Waals surface area contributed by atoms with Gasteiger partial charge in [-0.25, -0.2) is 0 Å². The first kappa shape index (κ1) is 14.4. The Morgan fingerprint density at radius 3 is 2.13 bits per heavy atom. The van der Waals surface area contributed by atoms with Crippen LogP contribution in [0.5, 0.6) is 0 Å². The number of hydrogen-bond acceptors (Lipinski definition) is 2. The lowest BCUT2D eigenvalue weighted by Gasteiger charge is -2.29. The molecule has 1 atom stereocenters. The highest BCUT2D eigenvalue weighted by Gasteiger charge is 2.32. The standard InChI is InChI=1S/C12H26N2O/c1-3-5-8-12(4-2,11(14)15)9-6-7-10-13/h3-10,13H2,1-2H3,(H2,14,15). The van der Waals surface area contributed by atoms with Gasteiger partial charge in [0, 0.05) is 5.41 Å². The highest BCUT2D eigenvalue weighted by atomic mass is 16.1. The number of nitrogens with two attached hydrogens (primary N) is 2. The number of unbranched alkanes of at least 4 members (excludes halogenated alkanes) is 2. The van der Waals surface area contributed by atoms with E-state index in [1.165, 1.54) is 0 Å². The van der Waals surface area contributed by atoms with Crippen LogP contribution in [0.2, 0.25) is 0 Å². The van der Waals surface area contributed by atoms with E-state index < -0.39 is 0 Å². The molecule has 0 aliphatic heterocycles. The Labute approximate surface area is 93.6 Å². The van der Waals surface area contributed by atoms with E-state index in [1.54, 1.807) is 0 Å². The molecule has 0 aromatic heterocycles. The van der Waals surface area contributed by atoms with Gasteiger partial charge in [0.15, 0.2) is 0 Å². The topological polar surface area (TPSA) is 69.1 Å². The minimum absolute atomic E-state index is 0.129. The zero-order valence-electron chi connectivity index (χ0n) is 10.2. The van der Waals surface area contributed by atoms with E-state index in [1.807, 2.05) is 0 Å². The zero-order valence-corrected chi connectivity index (χ0v) is 10.2. The molecule has 0 aromatic carbocycles. The fraction of sp³-hybridized carbons (Fsp3) is 0.917. The van der Waals surface area contributed by atoms with Crippen LogP contribution in [0.1, 0.15) is 58.8 Å². The average Bonchev–Trinajstić information content (AvgIpc) is 2.23. The molecule has 0 rings (SSSR count). The second-order valence-corrected chi connectivity index (χ2v) is 4.35. The molecule has 1 unspecified atom stereocenters. The van der Waals surface area contributed by atoms with Crippen LogP contribution < -0.4 is 11.5 Å². The normalized spacial score (nSPS) is 14.9. The third kappa shape index (κ3) is 4.65. The summed E-state index contributed by atoms with van der Waals surface area (Å²) >= 11 is 0. The molecule has 15 heavy (non-hydrogen) atoms. The van der Waals surface area contributed by atoms with Gasteiger partial charge in [-0.1, -0.05) is 33.1 Å². The molecule has 0 bridgehead atoms. The molecule has 0 aromatic rings. The quantitative estimate of drug-likeness (QED) is 0.578. The van der Waals surface area contributed by atoms with Crippen LogP contribution in [0.3, 0.4) is 0 Å². The van der Waals surface area contributed by atoms with Crippen LogP contribution in [0.25, 0.3) is 0 Å². The predicted octanol–water partition coefficient (Wildman–Crippen LogP) is 2.19. The van der Waals surface area contributed by atoms with Gasteiger partial charge in [-0.2, -0.15) is 0 Å². The average molecular weight is 214 g/mol. The van der Waals surface area contributed by atoms with Gasteiger partial charge in [0.2, 0.25) is 5.91 Å². The first-order valence-electron chi connectivity index (χ1n) is 6.13. The number of carbonyl (C=O) groups is 1. The van der Waals surface area contributed by atoms with Gasteiger partial charge >= 0.3 is 0 Å². The Kier molecular flexibility index (Phi) is 7.39. The van der Waals surface area contributed by atoms with Crippen LogP contribution in [0, 0.1) is 5.41 Å². The molecule has 0 heterocycles. The van der Waals surface area contributed by atoms with E-state index in [4.69, 9.17) is 11.5 Å². The Morgan fingerprint density at radius 1 is 1.13 bits per heavy atom. The van der Waals surface area contributed by atoms with E-state index in [0.29, 0.717) is 6.54 Å². The molecule has 0 aliphatic rings. The summed E-state index contributed by atoms with van der Waals surface area (Å²) in [5.41, 5.74) is 10.7. The molecule has 4 N–H and O–H groups in total. The van der Waals surface area contributed by atoms with Gasteiger partial charge in [-0.05, 0) is 32.2 Å².